The normalized spacial score (nSPS) is 15.8. The van der Waals surface area contributed by atoms with Crippen molar-refractivity contribution in [2.75, 3.05) is 33.4 Å². The van der Waals surface area contributed by atoms with Crippen LogP contribution in [0.2, 0.25) is 0 Å². The van der Waals surface area contributed by atoms with Gasteiger partial charge in [-0.2, -0.15) is 0 Å². The Kier molecular flexibility index (Phi) is 5.80. The molecule has 116 valence electrons. The van der Waals surface area contributed by atoms with E-state index < -0.39 is 0 Å². The third-order valence-corrected chi connectivity index (χ3v) is 3.46. The summed E-state index contributed by atoms with van der Waals surface area (Å²) in [4.78, 5) is 18.0. The van der Waals surface area contributed by atoms with Crippen LogP contribution in [0, 0.1) is 6.92 Å². The van der Waals surface area contributed by atoms with Crippen LogP contribution in [0.15, 0.2) is 18.2 Å². The van der Waals surface area contributed by atoms with Crippen molar-refractivity contribution < 1.29 is 14.3 Å². The summed E-state index contributed by atoms with van der Waals surface area (Å²) < 4.78 is 10.8. The van der Waals surface area contributed by atoms with Crippen molar-refractivity contribution in [2.45, 2.75) is 25.9 Å². The number of urea groups is 1. The molecule has 2 heterocycles. The Morgan fingerprint density at radius 1 is 1.43 bits per heavy atom. The van der Waals surface area contributed by atoms with Gasteiger partial charge in [0.15, 0.2) is 0 Å². The molecular weight excluding hydrogens is 270 g/mol. The maximum atomic E-state index is 11.9. The summed E-state index contributed by atoms with van der Waals surface area (Å²) >= 11 is 0. The van der Waals surface area contributed by atoms with Gasteiger partial charge in [0.25, 0.3) is 0 Å². The molecule has 1 aliphatic rings. The summed E-state index contributed by atoms with van der Waals surface area (Å²) in [5, 5.41) is 2.83. The quantitative estimate of drug-likeness (QED) is 0.837. The van der Waals surface area contributed by atoms with E-state index in [9.17, 15) is 4.79 Å². The van der Waals surface area contributed by atoms with E-state index in [1.807, 2.05) is 30.0 Å². The second kappa shape index (κ2) is 7.83. The molecule has 0 aliphatic carbocycles. The molecule has 0 bridgehead atoms. The van der Waals surface area contributed by atoms with E-state index in [4.69, 9.17) is 9.47 Å². The highest BCUT2D eigenvalue weighted by atomic mass is 16.5. The van der Waals surface area contributed by atoms with Crippen LogP contribution < -0.4 is 10.1 Å². The third kappa shape index (κ3) is 4.90. The number of methoxy groups -OCH3 is 1. The Hall–Kier alpha value is -1.82. The Bertz CT molecular complexity index is 459. The van der Waals surface area contributed by atoms with E-state index in [2.05, 4.69) is 10.3 Å². The Morgan fingerprint density at radius 3 is 2.86 bits per heavy atom. The molecule has 2 amide bonds. The molecule has 1 aliphatic heterocycles. The van der Waals surface area contributed by atoms with Crippen LogP contribution in [-0.4, -0.2) is 55.4 Å². The number of pyridine rings is 1. The van der Waals surface area contributed by atoms with Crippen LogP contribution in [0.25, 0.3) is 0 Å². The molecule has 2 rings (SSSR count). The van der Waals surface area contributed by atoms with Gasteiger partial charge in [0.1, 0.15) is 6.10 Å². The van der Waals surface area contributed by atoms with Gasteiger partial charge in [0.2, 0.25) is 5.88 Å². The van der Waals surface area contributed by atoms with Gasteiger partial charge in [-0.25, -0.2) is 9.78 Å². The molecule has 0 unspecified atom stereocenters. The molecular formula is C15H23N3O3. The van der Waals surface area contributed by atoms with Gasteiger partial charge in [-0.1, -0.05) is 6.07 Å². The lowest BCUT2D eigenvalue weighted by molar-refractivity contribution is 0.106. The highest BCUT2D eigenvalue weighted by Gasteiger charge is 2.23. The molecule has 1 fully saturated rings. The zero-order chi connectivity index (χ0) is 15.1. The third-order valence-electron chi connectivity index (χ3n) is 3.46. The molecule has 21 heavy (non-hydrogen) atoms. The van der Waals surface area contributed by atoms with Gasteiger partial charge in [-0.15, -0.1) is 0 Å². The summed E-state index contributed by atoms with van der Waals surface area (Å²) in [6.45, 7) is 4.42. The number of hydrogen-bond acceptors (Lipinski definition) is 4. The number of hydrogen-bond donors (Lipinski definition) is 1. The van der Waals surface area contributed by atoms with Crippen LogP contribution in [0.3, 0.4) is 0 Å². The van der Waals surface area contributed by atoms with Crippen molar-refractivity contribution in [3.63, 3.8) is 0 Å². The van der Waals surface area contributed by atoms with E-state index in [-0.39, 0.29) is 12.1 Å². The van der Waals surface area contributed by atoms with E-state index in [1.54, 1.807) is 7.11 Å². The number of nitrogens with zero attached hydrogens (tertiary/aromatic N) is 2. The molecule has 0 saturated carbocycles. The van der Waals surface area contributed by atoms with Gasteiger partial charge < -0.3 is 19.7 Å². The van der Waals surface area contributed by atoms with E-state index >= 15 is 0 Å². The van der Waals surface area contributed by atoms with E-state index in [0.29, 0.717) is 32.1 Å². The number of aromatic nitrogens is 1. The summed E-state index contributed by atoms with van der Waals surface area (Å²) in [6, 6.07) is 5.73. The SMILES string of the molecule is COCCNC(=O)N1CCC(Oc2cccc(C)n2)CC1. The highest BCUT2D eigenvalue weighted by Crippen LogP contribution is 2.17. The first kappa shape index (κ1) is 15.6. The summed E-state index contributed by atoms with van der Waals surface area (Å²) in [5.74, 6) is 0.665. The monoisotopic (exact) mass is 293 g/mol. The molecule has 0 radical (unpaired) electrons. The van der Waals surface area contributed by atoms with Gasteiger partial charge in [0.05, 0.1) is 6.61 Å². The van der Waals surface area contributed by atoms with Crippen molar-refractivity contribution in [1.82, 2.24) is 15.2 Å². The number of ether oxygens (including phenoxy) is 2. The molecule has 1 aromatic rings. The van der Waals surface area contributed by atoms with Crippen molar-refractivity contribution >= 4 is 6.03 Å². The molecule has 0 aromatic carbocycles. The minimum atomic E-state index is -0.0285. The molecule has 0 atom stereocenters. The first-order valence-electron chi connectivity index (χ1n) is 7.31. The number of likely N-dealkylation sites (tertiary alicyclic amines) is 1. The van der Waals surface area contributed by atoms with Crippen LogP contribution in [0.1, 0.15) is 18.5 Å². The van der Waals surface area contributed by atoms with Crippen LogP contribution in [-0.2, 0) is 4.74 Å². The fraction of sp³-hybridized carbons (Fsp3) is 0.600. The predicted molar refractivity (Wildman–Crippen MR) is 79.5 cm³/mol. The fourth-order valence-corrected chi connectivity index (χ4v) is 2.30. The van der Waals surface area contributed by atoms with E-state index in [0.717, 1.165) is 18.5 Å². The Balaban J connectivity index is 1.74. The number of piperidine rings is 1. The van der Waals surface area contributed by atoms with Crippen LogP contribution >= 0.6 is 0 Å². The van der Waals surface area contributed by atoms with Gasteiger partial charge in [-0.3, -0.25) is 0 Å². The lowest BCUT2D eigenvalue weighted by Crippen LogP contribution is -2.47. The Morgan fingerprint density at radius 2 is 2.19 bits per heavy atom. The zero-order valence-corrected chi connectivity index (χ0v) is 12.7. The minimum Gasteiger partial charge on any atom is -0.474 e. The van der Waals surface area contributed by atoms with E-state index in [1.165, 1.54) is 0 Å². The summed E-state index contributed by atoms with van der Waals surface area (Å²) in [6.07, 6.45) is 1.78. The van der Waals surface area contributed by atoms with Gasteiger partial charge >= 0.3 is 6.03 Å². The second-order valence-electron chi connectivity index (χ2n) is 5.15. The first-order valence-corrected chi connectivity index (χ1v) is 7.31. The number of carbonyl (C=O) groups excluding carboxylic acids is 1. The van der Waals surface area contributed by atoms with Crippen LogP contribution in [0.4, 0.5) is 4.79 Å². The average molecular weight is 293 g/mol. The molecule has 0 spiro atoms. The van der Waals surface area contributed by atoms with Gasteiger partial charge in [0, 0.05) is 51.3 Å². The van der Waals surface area contributed by atoms with Crippen molar-refractivity contribution in [3.05, 3.63) is 23.9 Å². The highest BCUT2D eigenvalue weighted by molar-refractivity contribution is 5.74. The Labute approximate surface area is 125 Å². The summed E-state index contributed by atoms with van der Waals surface area (Å²) in [7, 11) is 1.62. The predicted octanol–water partition coefficient (Wildman–Crippen LogP) is 1.59. The minimum absolute atomic E-state index is 0.0285. The van der Waals surface area contributed by atoms with Crippen molar-refractivity contribution in [2.24, 2.45) is 0 Å². The lowest BCUT2D eigenvalue weighted by Gasteiger charge is -2.31. The number of amides is 2. The fourth-order valence-electron chi connectivity index (χ4n) is 2.30. The number of rotatable bonds is 5. The summed E-state index contributed by atoms with van der Waals surface area (Å²) in [5.41, 5.74) is 0.947. The molecule has 1 N–H and O–H groups in total. The maximum Gasteiger partial charge on any atom is 0.317 e. The van der Waals surface area contributed by atoms with Crippen molar-refractivity contribution in [1.29, 1.82) is 0 Å². The van der Waals surface area contributed by atoms with Crippen molar-refractivity contribution in [3.8, 4) is 5.88 Å². The topological polar surface area (TPSA) is 63.7 Å². The standard InChI is InChI=1S/C15H23N3O3/c1-12-4-3-5-14(17-12)21-13-6-9-18(10-7-13)15(19)16-8-11-20-2/h3-5,13H,6-11H2,1-2H3,(H,16,19). The zero-order valence-electron chi connectivity index (χ0n) is 12.7. The molecule has 1 aromatic heterocycles. The number of nitrogens with one attached hydrogen (secondary N) is 1. The second-order valence-corrected chi connectivity index (χ2v) is 5.15. The smallest absolute Gasteiger partial charge is 0.317 e. The molecule has 1 saturated heterocycles. The lowest BCUT2D eigenvalue weighted by atomic mass is 10.1. The largest absolute Gasteiger partial charge is 0.474 e. The average Bonchev–Trinajstić information content (AvgIpc) is 2.48. The molecule has 6 nitrogen and oxygen atoms in total. The van der Waals surface area contributed by atoms with Gasteiger partial charge in [-0.05, 0) is 13.0 Å². The number of carbonyl (C=O) groups is 1. The first-order chi connectivity index (χ1) is 10.2. The van der Waals surface area contributed by atoms with Crippen LogP contribution in [0.5, 0.6) is 5.88 Å². The molecule has 6 heteroatoms. The maximum absolute atomic E-state index is 11.9. The number of aryl methyl sites for hydroxylation is 1.